The molecule has 0 radical (unpaired) electrons. The average Bonchev–Trinajstić information content (AvgIpc) is 2.74. The van der Waals surface area contributed by atoms with Crippen LogP contribution < -0.4 is 5.32 Å². The van der Waals surface area contributed by atoms with Gasteiger partial charge in [0.15, 0.2) is 0 Å². The van der Waals surface area contributed by atoms with Crippen molar-refractivity contribution in [3.05, 3.63) is 51.5 Å². The van der Waals surface area contributed by atoms with Crippen LogP contribution in [0.1, 0.15) is 21.1 Å². The van der Waals surface area contributed by atoms with Gasteiger partial charge in [-0.05, 0) is 19.4 Å². The van der Waals surface area contributed by atoms with Crippen molar-refractivity contribution in [1.82, 2.24) is 10.3 Å². The number of thiazole rings is 1. The van der Waals surface area contributed by atoms with Crippen LogP contribution in [0.2, 0.25) is 0 Å². The number of aromatic nitrogens is 1. The van der Waals surface area contributed by atoms with Crippen LogP contribution in [0.5, 0.6) is 0 Å². The number of nitrogens with one attached hydrogen (secondary N) is 1. The van der Waals surface area contributed by atoms with Crippen LogP contribution >= 0.6 is 11.3 Å². The van der Waals surface area contributed by atoms with Gasteiger partial charge in [-0.1, -0.05) is 30.3 Å². The lowest BCUT2D eigenvalue weighted by Crippen LogP contribution is -2.23. The Kier molecular flexibility index (Phi) is 4.52. The van der Waals surface area contributed by atoms with E-state index in [1.807, 2.05) is 44.2 Å². The Balaban J connectivity index is 1.76. The second kappa shape index (κ2) is 6.33. The van der Waals surface area contributed by atoms with Gasteiger partial charge < -0.3 is 10.1 Å². The Morgan fingerprint density at radius 2 is 2.05 bits per heavy atom. The maximum Gasteiger partial charge on any atom is 0.407 e. The molecule has 0 unspecified atom stereocenters. The summed E-state index contributed by atoms with van der Waals surface area (Å²) in [5.74, 6) is 0. The molecule has 0 saturated heterocycles. The van der Waals surface area contributed by atoms with Crippen LogP contribution in [-0.2, 0) is 17.9 Å². The molecule has 0 aliphatic carbocycles. The Morgan fingerprint density at radius 3 is 2.68 bits per heavy atom. The Bertz CT molecular complexity index is 532. The third kappa shape index (κ3) is 4.06. The molecule has 0 bridgehead atoms. The minimum Gasteiger partial charge on any atom is -0.445 e. The molecular formula is C14H16N2O2S. The topological polar surface area (TPSA) is 51.2 Å². The number of nitrogens with zero attached hydrogens (tertiary/aromatic N) is 1. The molecule has 0 aliphatic heterocycles. The predicted octanol–water partition coefficient (Wildman–Crippen LogP) is 3.19. The molecule has 1 aromatic heterocycles. The highest BCUT2D eigenvalue weighted by molar-refractivity contribution is 7.11. The second-order valence-corrected chi connectivity index (χ2v) is 5.45. The summed E-state index contributed by atoms with van der Waals surface area (Å²) in [6.45, 7) is 4.67. The Hall–Kier alpha value is -1.88. The van der Waals surface area contributed by atoms with Gasteiger partial charge in [0.1, 0.15) is 11.6 Å². The Morgan fingerprint density at radius 1 is 1.32 bits per heavy atom. The summed E-state index contributed by atoms with van der Waals surface area (Å²) in [5, 5.41) is 3.59. The maximum absolute atomic E-state index is 11.5. The Labute approximate surface area is 116 Å². The molecule has 1 amide bonds. The number of ether oxygens (including phenoxy) is 1. The molecule has 2 rings (SSSR count). The lowest BCUT2D eigenvalue weighted by molar-refractivity contribution is 0.139. The van der Waals surface area contributed by atoms with Crippen molar-refractivity contribution in [3.63, 3.8) is 0 Å². The van der Waals surface area contributed by atoms with Crippen LogP contribution in [0.4, 0.5) is 4.79 Å². The molecule has 19 heavy (non-hydrogen) atoms. The quantitative estimate of drug-likeness (QED) is 0.933. The first kappa shape index (κ1) is 13.5. The first-order chi connectivity index (χ1) is 9.15. The number of carbonyl (C=O) groups is 1. The van der Waals surface area contributed by atoms with Crippen molar-refractivity contribution in [2.75, 3.05) is 0 Å². The largest absolute Gasteiger partial charge is 0.445 e. The molecule has 0 saturated carbocycles. The molecule has 0 spiro atoms. The van der Waals surface area contributed by atoms with Gasteiger partial charge in [-0.3, -0.25) is 0 Å². The highest BCUT2D eigenvalue weighted by Gasteiger charge is 2.06. The summed E-state index contributed by atoms with van der Waals surface area (Å²) in [7, 11) is 0. The van der Waals surface area contributed by atoms with Crippen LogP contribution in [0, 0.1) is 13.8 Å². The molecule has 1 aromatic carbocycles. The third-order valence-corrected chi connectivity index (χ3v) is 3.74. The van der Waals surface area contributed by atoms with Gasteiger partial charge in [0.2, 0.25) is 0 Å². The van der Waals surface area contributed by atoms with Crippen molar-refractivity contribution >= 4 is 17.4 Å². The van der Waals surface area contributed by atoms with Crippen molar-refractivity contribution in [3.8, 4) is 0 Å². The van der Waals surface area contributed by atoms with Crippen LogP contribution in [-0.4, -0.2) is 11.1 Å². The number of benzene rings is 1. The molecule has 5 heteroatoms. The molecule has 0 fully saturated rings. The summed E-state index contributed by atoms with van der Waals surface area (Å²) in [5.41, 5.74) is 1.98. The minimum absolute atomic E-state index is 0.280. The summed E-state index contributed by atoms with van der Waals surface area (Å²) >= 11 is 1.59. The molecule has 100 valence electrons. The second-order valence-electron chi connectivity index (χ2n) is 4.16. The number of aryl methyl sites for hydroxylation is 2. The number of alkyl carbamates (subject to hydrolysis) is 1. The molecule has 4 nitrogen and oxygen atoms in total. The fourth-order valence-corrected chi connectivity index (χ4v) is 2.41. The normalized spacial score (nSPS) is 10.2. The molecule has 2 aromatic rings. The smallest absolute Gasteiger partial charge is 0.407 e. The minimum atomic E-state index is -0.422. The van der Waals surface area contributed by atoms with Gasteiger partial charge in [0, 0.05) is 4.88 Å². The third-order valence-electron chi connectivity index (χ3n) is 2.67. The van der Waals surface area contributed by atoms with Crippen molar-refractivity contribution < 1.29 is 9.53 Å². The zero-order valence-electron chi connectivity index (χ0n) is 11.0. The van der Waals surface area contributed by atoms with Gasteiger partial charge >= 0.3 is 6.09 Å². The first-order valence-corrected chi connectivity index (χ1v) is 6.84. The summed E-state index contributed by atoms with van der Waals surface area (Å²) in [6.07, 6.45) is -0.422. The number of carbonyl (C=O) groups excluding carboxylic acids is 1. The van der Waals surface area contributed by atoms with Crippen LogP contribution in [0.3, 0.4) is 0 Å². The fourth-order valence-electron chi connectivity index (χ4n) is 1.54. The average molecular weight is 276 g/mol. The molecule has 1 N–H and O–H groups in total. The zero-order chi connectivity index (χ0) is 13.7. The van der Waals surface area contributed by atoms with Crippen molar-refractivity contribution in [1.29, 1.82) is 0 Å². The van der Waals surface area contributed by atoms with E-state index >= 15 is 0 Å². The predicted molar refractivity (Wildman–Crippen MR) is 75.1 cm³/mol. The number of hydrogen-bond donors (Lipinski definition) is 1. The molecule has 1 heterocycles. The van der Waals surface area contributed by atoms with E-state index in [1.54, 1.807) is 11.3 Å². The lowest BCUT2D eigenvalue weighted by Gasteiger charge is -2.05. The van der Waals surface area contributed by atoms with Gasteiger partial charge in [-0.15, -0.1) is 11.3 Å². The number of amides is 1. The SMILES string of the molecule is Cc1nc(CNC(=O)OCc2ccccc2)sc1C. The van der Waals surface area contributed by atoms with Gasteiger partial charge in [-0.2, -0.15) is 0 Å². The zero-order valence-corrected chi connectivity index (χ0v) is 11.8. The van der Waals surface area contributed by atoms with Gasteiger partial charge in [0.25, 0.3) is 0 Å². The lowest BCUT2D eigenvalue weighted by atomic mass is 10.2. The first-order valence-electron chi connectivity index (χ1n) is 6.02. The standard InChI is InChI=1S/C14H16N2O2S/c1-10-11(2)19-13(16-10)8-15-14(17)18-9-12-6-4-3-5-7-12/h3-7H,8-9H2,1-2H3,(H,15,17). The van der Waals surface area contributed by atoms with E-state index in [1.165, 1.54) is 4.88 Å². The molecular weight excluding hydrogens is 260 g/mol. The van der Waals surface area contributed by atoms with E-state index in [0.29, 0.717) is 6.54 Å². The monoisotopic (exact) mass is 276 g/mol. The number of hydrogen-bond acceptors (Lipinski definition) is 4. The highest BCUT2D eigenvalue weighted by atomic mass is 32.1. The molecule has 0 aliphatic rings. The van der Waals surface area contributed by atoms with Crippen molar-refractivity contribution in [2.24, 2.45) is 0 Å². The maximum atomic E-state index is 11.5. The van der Waals surface area contributed by atoms with Crippen LogP contribution in [0.15, 0.2) is 30.3 Å². The summed E-state index contributed by atoms with van der Waals surface area (Å²) < 4.78 is 5.11. The summed E-state index contributed by atoms with van der Waals surface area (Å²) in [6, 6.07) is 9.59. The van der Waals surface area contributed by atoms with E-state index in [4.69, 9.17) is 4.74 Å². The number of rotatable bonds is 4. The van der Waals surface area contributed by atoms with E-state index < -0.39 is 6.09 Å². The van der Waals surface area contributed by atoms with Gasteiger partial charge in [0.05, 0.1) is 12.2 Å². The van der Waals surface area contributed by atoms with E-state index in [0.717, 1.165) is 16.3 Å². The van der Waals surface area contributed by atoms with E-state index in [9.17, 15) is 4.79 Å². The summed E-state index contributed by atoms with van der Waals surface area (Å²) in [4.78, 5) is 17.0. The highest BCUT2D eigenvalue weighted by Crippen LogP contribution is 2.15. The van der Waals surface area contributed by atoms with Crippen LogP contribution in [0.25, 0.3) is 0 Å². The van der Waals surface area contributed by atoms with Gasteiger partial charge in [-0.25, -0.2) is 9.78 Å². The van der Waals surface area contributed by atoms with Crippen molar-refractivity contribution in [2.45, 2.75) is 27.0 Å². The fraction of sp³-hybridized carbons (Fsp3) is 0.286. The molecule has 0 atom stereocenters. The van der Waals surface area contributed by atoms with E-state index in [-0.39, 0.29) is 6.61 Å². The van der Waals surface area contributed by atoms with E-state index in [2.05, 4.69) is 10.3 Å².